The molecule has 0 bridgehead atoms. The molecule has 21 heavy (non-hydrogen) atoms. The molecule has 0 amide bonds. The lowest BCUT2D eigenvalue weighted by atomic mass is 10.1. The molecule has 0 spiro atoms. The lowest BCUT2D eigenvalue weighted by Gasteiger charge is -2.28. The normalized spacial score (nSPS) is 15.0. The fourth-order valence-electron chi connectivity index (χ4n) is 2.60. The molecule has 1 aliphatic rings. The van der Waals surface area contributed by atoms with Gasteiger partial charge in [-0.3, -0.25) is 0 Å². The molecule has 1 aromatic carbocycles. The quantitative estimate of drug-likeness (QED) is 0.938. The molecule has 2 heterocycles. The number of hydrogen-bond donors (Lipinski definition) is 1. The van der Waals surface area contributed by atoms with Gasteiger partial charge < -0.3 is 10.0 Å². The molecule has 1 N–H and O–H groups in total. The summed E-state index contributed by atoms with van der Waals surface area (Å²) >= 11 is 0. The Kier molecular flexibility index (Phi) is 3.81. The van der Waals surface area contributed by atoms with Crippen molar-refractivity contribution in [3.8, 4) is 11.4 Å². The van der Waals surface area contributed by atoms with Crippen LogP contribution in [0.15, 0.2) is 36.5 Å². The molecule has 2 aromatic rings. The highest BCUT2D eigenvalue weighted by atomic mass is 16.4. The number of aromatic nitrogens is 2. The van der Waals surface area contributed by atoms with Gasteiger partial charge in [0.05, 0.1) is 0 Å². The summed E-state index contributed by atoms with van der Waals surface area (Å²) in [5, 5.41) is 9.35. The molecule has 108 valence electrons. The average molecular weight is 283 g/mol. The molecule has 5 heteroatoms. The standard InChI is InChI=1S/C16H17N3O2/c20-16(21)13-11-17-14(12-7-3-1-4-8-12)18-15(13)19-9-5-2-6-10-19/h1,3-4,7-8,11H,2,5-6,9-10H2,(H,20,21). The molecule has 0 atom stereocenters. The van der Waals surface area contributed by atoms with E-state index < -0.39 is 5.97 Å². The van der Waals surface area contributed by atoms with E-state index in [2.05, 4.69) is 14.9 Å². The maximum atomic E-state index is 11.4. The Labute approximate surface area is 123 Å². The van der Waals surface area contributed by atoms with Gasteiger partial charge in [0.2, 0.25) is 0 Å². The molecule has 1 aliphatic heterocycles. The topological polar surface area (TPSA) is 66.3 Å². The summed E-state index contributed by atoms with van der Waals surface area (Å²) in [6.45, 7) is 1.71. The Morgan fingerprint density at radius 3 is 2.48 bits per heavy atom. The molecule has 5 nitrogen and oxygen atoms in total. The van der Waals surface area contributed by atoms with E-state index in [4.69, 9.17) is 0 Å². The predicted octanol–water partition coefficient (Wildman–Crippen LogP) is 2.83. The first-order valence-electron chi connectivity index (χ1n) is 7.16. The second-order valence-corrected chi connectivity index (χ2v) is 5.15. The Hall–Kier alpha value is -2.43. The van der Waals surface area contributed by atoms with Gasteiger partial charge >= 0.3 is 5.97 Å². The van der Waals surface area contributed by atoms with Crippen LogP contribution in [0.4, 0.5) is 5.82 Å². The summed E-state index contributed by atoms with van der Waals surface area (Å²) < 4.78 is 0. The number of piperidine rings is 1. The Morgan fingerprint density at radius 2 is 1.81 bits per heavy atom. The molecule has 3 rings (SSSR count). The summed E-state index contributed by atoms with van der Waals surface area (Å²) in [6, 6.07) is 9.63. The molecule has 1 aromatic heterocycles. The van der Waals surface area contributed by atoms with Crippen molar-refractivity contribution in [2.45, 2.75) is 19.3 Å². The van der Waals surface area contributed by atoms with Crippen LogP contribution in [0.2, 0.25) is 0 Å². The summed E-state index contributed by atoms with van der Waals surface area (Å²) in [4.78, 5) is 22.2. The third kappa shape index (κ3) is 2.86. The van der Waals surface area contributed by atoms with Crippen LogP contribution in [0.1, 0.15) is 29.6 Å². The van der Waals surface area contributed by atoms with Gasteiger partial charge in [0.25, 0.3) is 0 Å². The molecular weight excluding hydrogens is 266 g/mol. The highest BCUT2D eigenvalue weighted by Crippen LogP contribution is 2.24. The number of aromatic carboxylic acids is 1. The zero-order chi connectivity index (χ0) is 14.7. The van der Waals surface area contributed by atoms with Crippen LogP contribution in [-0.2, 0) is 0 Å². The number of rotatable bonds is 3. The largest absolute Gasteiger partial charge is 0.477 e. The van der Waals surface area contributed by atoms with E-state index in [1.807, 2.05) is 30.3 Å². The zero-order valence-electron chi connectivity index (χ0n) is 11.7. The van der Waals surface area contributed by atoms with E-state index in [0.717, 1.165) is 31.5 Å². The summed E-state index contributed by atoms with van der Waals surface area (Å²) in [7, 11) is 0. The van der Waals surface area contributed by atoms with Crippen molar-refractivity contribution in [2.24, 2.45) is 0 Å². The molecule has 0 saturated carbocycles. The lowest BCUT2D eigenvalue weighted by molar-refractivity contribution is 0.0696. The number of anilines is 1. The van der Waals surface area contributed by atoms with Crippen LogP contribution in [-0.4, -0.2) is 34.1 Å². The molecule has 0 radical (unpaired) electrons. The van der Waals surface area contributed by atoms with Crippen LogP contribution >= 0.6 is 0 Å². The highest BCUT2D eigenvalue weighted by Gasteiger charge is 2.21. The van der Waals surface area contributed by atoms with Gasteiger partial charge in [-0.15, -0.1) is 0 Å². The van der Waals surface area contributed by atoms with Gasteiger partial charge in [0, 0.05) is 24.8 Å². The van der Waals surface area contributed by atoms with Crippen LogP contribution < -0.4 is 4.90 Å². The number of carboxylic acids is 1. The summed E-state index contributed by atoms with van der Waals surface area (Å²) in [5.41, 5.74) is 1.07. The van der Waals surface area contributed by atoms with Gasteiger partial charge in [-0.1, -0.05) is 30.3 Å². The maximum absolute atomic E-state index is 11.4. The van der Waals surface area contributed by atoms with Crippen molar-refractivity contribution in [1.29, 1.82) is 0 Å². The SMILES string of the molecule is O=C(O)c1cnc(-c2ccccc2)nc1N1CCCCC1. The fourth-order valence-corrected chi connectivity index (χ4v) is 2.60. The van der Waals surface area contributed by atoms with Gasteiger partial charge in [-0.05, 0) is 19.3 Å². The van der Waals surface area contributed by atoms with Gasteiger partial charge in [-0.2, -0.15) is 0 Å². The highest BCUT2D eigenvalue weighted by molar-refractivity contribution is 5.93. The van der Waals surface area contributed by atoms with Crippen molar-refractivity contribution in [1.82, 2.24) is 9.97 Å². The first-order valence-corrected chi connectivity index (χ1v) is 7.16. The minimum absolute atomic E-state index is 0.177. The van der Waals surface area contributed by atoms with Crippen LogP contribution in [0, 0.1) is 0 Å². The molecule has 0 unspecified atom stereocenters. The first kappa shape index (κ1) is 13.5. The third-order valence-corrected chi connectivity index (χ3v) is 3.69. The third-order valence-electron chi connectivity index (χ3n) is 3.69. The van der Waals surface area contributed by atoms with E-state index in [1.54, 1.807) is 0 Å². The molecule has 0 aliphatic carbocycles. The van der Waals surface area contributed by atoms with Crippen molar-refractivity contribution >= 4 is 11.8 Å². The van der Waals surface area contributed by atoms with Crippen LogP contribution in [0.5, 0.6) is 0 Å². The van der Waals surface area contributed by atoms with E-state index in [9.17, 15) is 9.90 Å². The van der Waals surface area contributed by atoms with E-state index >= 15 is 0 Å². The van der Waals surface area contributed by atoms with E-state index in [0.29, 0.717) is 11.6 Å². The second kappa shape index (κ2) is 5.91. The number of nitrogens with zero attached hydrogens (tertiary/aromatic N) is 3. The summed E-state index contributed by atoms with van der Waals surface area (Å²) in [6.07, 6.45) is 4.75. The number of carboxylic acid groups (broad SMARTS) is 1. The van der Waals surface area contributed by atoms with Gasteiger partial charge in [0.1, 0.15) is 11.4 Å². The Bertz CT molecular complexity index is 637. The van der Waals surface area contributed by atoms with Crippen LogP contribution in [0.25, 0.3) is 11.4 Å². The molecule has 1 saturated heterocycles. The minimum atomic E-state index is -0.977. The maximum Gasteiger partial charge on any atom is 0.341 e. The zero-order valence-corrected chi connectivity index (χ0v) is 11.7. The lowest BCUT2D eigenvalue weighted by Crippen LogP contribution is -2.32. The molecule has 1 fully saturated rings. The average Bonchev–Trinajstić information content (AvgIpc) is 2.56. The predicted molar refractivity (Wildman–Crippen MR) is 80.5 cm³/mol. The van der Waals surface area contributed by atoms with Gasteiger partial charge in [0.15, 0.2) is 5.82 Å². The van der Waals surface area contributed by atoms with E-state index in [1.165, 1.54) is 12.6 Å². The number of benzene rings is 1. The van der Waals surface area contributed by atoms with Crippen molar-refractivity contribution in [2.75, 3.05) is 18.0 Å². The van der Waals surface area contributed by atoms with Crippen molar-refractivity contribution < 1.29 is 9.90 Å². The Balaban J connectivity index is 2.03. The monoisotopic (exact) mass is 283 g/mol. The van der Waals surface area contributed by atoms with Gasteiger partial charge in [-0.25, -0.2) is 14.8 Å². The number of hydrogen-bond acceptors (Lipinski definition) is 4. The minimum Gasteiger partial charge on any atom is -0.477 e. The number of carbonyl (C=O) groups is 1. The van der Waals surface area contributed by atoms with Crippen molar-refractivity contribution in [3.05, 3.63) is 42.1 Å². The van der Waals surface area contributed by atoms with Crippen LogP contribution in [0.3, 0.4) is 0 Å². The van der Waals surface area contributed by atoms with E-state index in [-0.39, 0.29) is 5.56 Å². The molecular formula is C16H17N3O2. The fraction of sp³-hybridized carbons (Fsp3) is 0.312. The van der Waals surface area contributed by atoms with Crippen molar-refractivity contribution in [3.63, 3.8) is 0 Å². The second-order valence-electron chi connectivity index (χ2n) is 5.15. The Morgan fingerprint density at radius 1 is 1.10 bits per heavy atom. The smallest absolute Gasteiger partial charge is 0.341 e. The summed E-state index contributed by atoms with van der Waals surface area (Å²) in [5.74, 6) is 0.132. The first-order chi connectivity index (χ1) is 10.3.